The predicted octanol–water partition coefficient (Wildman–Crippen LogP) is 4.07. The Labute approximate surface area is 141 Å². The molecule has 1 saturated heterocycles. The minimum atomic E-state index is -0.446. The average Bonchev–Trinajstić information content (AvgIpc) is 2.82. The minimum Gasteiger partial charge on any atom is -0.367 e. The predicted molar refractivity (Wildman–Crippen MR) is 89.1 cm³/mol. The maximum atomic E-state index is 13.1. The van der Waals surface area contributed by atoms with Gasteiger partial charge in [0.25, 0.3) is 11.1 Å². The van der Waals surface area contributed by atoms with Gasteiger partial charge < -0.3 is 5.32 Å². The molecule has 122 valence electrons. The van der Waals surface area contributed by atoms with E-state index < -0.39 is 17.0 Å². The maximum Gasteiger partial charge on any atom is 0.295 e. The summed E-state index contributed by atoms with van der Waals surface area (Å²) in [5.41, 5.74) is 1.09. The number of nitrogens with one attached hydrogen (secondary N) is 1. The van der Waals surface area contributed by atoms with Crippen LogP contribution in [0.4, 0.5) is 19.3 Å². The Balaban J connectivity index is 1.71. The number of carbonyl (C=O) groups is 2. The number of carbonyl (C=O) groups excluding carboxylic acids is 2. The molecule has 2 aromatic carbocycles. The highest BCUT2D eigenvalue weighted by Crippen LogP contribution is 2.32. The van der Waals surface area contributed by atoms with Crippen molar-refractivity contribution >= 4 is 34.7 Å². The highest BCUT2D eigenvalue weighted by atomic mass is 32.2. The SMILES string of the molecule is O=C1S/C(=C/c2ccc(F)cc2)C(=O)N1CNc1cccc(F)c1. The first-order valence-corrected chi connectivity index (χ1v) is 7.85. The third-order valence-corrected chi connectivity index (χ3v) is 4.21. The molecule has 0 spiro atoms. The van der Waals surface area contributed by atoms with Crippen molar-refractivity contribution in [2.24, 2.45) is 0 Å². The number of anilines is 1. The molecule has 7 heteroatoms. The number of hydrogen-bond donors (Lipinski definition) is 1. The van der Waals surface area contributed by atoms with E-state index in [1.54, 1.807) is 6.07 Å². The summed E-state index contributed by atoms with van der Waals surface area (Å²) in [4.78, 5) is 25.6. The molecular weight excluding hydrogens is 334 g/mol. The molecule has 1 aliphatic rings. The molecule has 0 saturated carbocycles. The van der Waals surface area contributed by atoms with E-state index in [1.165, 1.54) is 48.5 Å². The number of imide groups is 1. The van der Waals surface area contributed by atoms with Crippen molar-refractivity contribution in [3.05, 3.63) is 70.6 Å². The second-order valence-electron chi connectivity index (χ2n) is 5.01. The number of nitrogens with zero attached hydrogens (tertiary/aromatic N) is 1. The largest absolute Gasteiger partial charge is 0.367 e. The highest BCUT2D eigenvalue weighted by molar-refractivity contribution is 8.18. The van der Waals surface area contributed by atoms with Gasteiger partial charge in [0.2, 0.25) is 0 Å². The Morgan fingerprint density at radius 2 is 1.79 bits per heavy atom. The third-order valence-electron chi connectivity index (χ3n) is 3.31. The van der Waals surface area contributed by atoms with Gasteiger partial charge in [0.1, 0.15) is 11.6 Å². The van der Waals surface area contributed by atoms with E-state index in [4.69, 9.17) is 0 Å². The van der Waals surface area contributed by atoms with E-state index in [-0.39, 0.29) is 17.4 Å². The van der Waals surface area contributed by atoms with Crippen LogP contribution < -0.4 is 5.32 Å². The second kappa shape index (κ2) is 6.84. The van der Waals surface area contributed by atoms with Gasteiger partial charge in [-0.05, 0) is 53.7 Å². The Bertz CT molecular complexity index is 822. The maximum absolute atomic E-state index is 13.1. The van der Waals surface area contributed by atoms with Crippen LogP contribution in [-0.2, 0) is 4.79 Å². The molecule has 0 aliphatic carbocycles. The molecule has 0 bridgehead atoms. The molecule has 0 atom stereocenters. The molecule has 0 radical (unpaired) electrons. The lowest BCUT2D eigenvalue weighted by Gasteiger charge is -2.14. The van der Waals surface area contributed by atoms with E-state index in [0.29, 0.717) is 11.3 Å². The lowest BCUT2D eigenvalue weighted by molar-refractivity contribution is -0.122. The first kappa shape index (κ1) is 16.2. The third kappa shape index (κ3) is 3.62. The van der Waals surface area contributed by atoms with E-state index in [0.717, 1.165) is 16.7 Å². The number of thioether (sulfide) groups is 1. The molecule has 1 fully saturated rings. The van der Waals surface area contributed by atoms with E-state index in [1.807, 2.05) is 0 Å². The van der Waals surface area contributed by atoms with Crippen LogP contribution in [-0.4, -0.2) is 22.7 Å². The minimum absolute atomic E-state index is 0.0606. The monoisotopic (exact) mass is 346 g/mol. The van der Waals surface area contributed by atoms with Gasteiger partial charge in [0.15, 0.2) is 0 Å². The lowest BCUT2D eigenvalue weighted by Crippen LogP contribution is -2.33. The van der Waals surface area contributed by atoms with Crippen molar-refractivity contribution in [3.8, 4) is 0 Å². The summed E-state index contributed by atoms with van der Waals surface area (Å²) in [6.45, 7) is -0.0606. The zero-order chi connectivity index (χ0) is 17.1. The van der Waals surface area contributed by atoms with Gasteiger partial charge in [-0.2, -0.15) is 0 Å². The number of benzene rings is 2. The van der Waals surface area contributed by atoms with Gasteiger partial charge in [0, 0.05) is 5.69 Å². The summed E-state index contributed by atoms with van der Waals surface area (Å²) >= 11 is 0.810. The van der Waals surface area contributed by atoms with Gasteiger partial charge in [-0.3, -0.25) is 14.5 Å². The number of amides is 2. The van der Waals surface area contributed by atoms with Crippen molar-refractivity contribution < 1.29 is 18.4 Å². The van der Waals surface area contributed by atoms with E-state index >= 15 is 0 Å². The van der Waals surface area contributed by atoms with Crippen LogP contribution >= 0.6 is 11.8 Å². The van der Waals surface area contributed by atoms with Crippen LogP contribution in [0.2, 0.25) is 0 Å². The van der Waals surface area contributed by atoms with Crippen molar-refractivity contribution in [2.45, 2.75) is 0 Å². The molecule has 1 aliphatic heterocycles. The average molecular weight is 346 g/mol. The topological polar surface area (TPSA) is 49.4 Å². The molecule has 0 unspecified atom stereocenters. The highest BCUT2D eigenvalue weighted by Gasteiger charge is 2.34. The molecular formula is C17H12F2N2O2S. The Hall–Kier alpha value is -2.67. The smallest absolute Gasteiger partial charge is 0.295 e. The fourth-order valence-electron chi connectivity index (χ4n) is 2.12. The van der Waals surface area contributed by atoms with Crippen LogP contribution in [0.15, 0.2) is 53.4 Å². The molecule has 1 heterocycles. The quantitative estimate of drug-likeness (QED) is 0.848. The molecule has 24 heavy (non-hydrogen) atoms. The fourth-order valence-corrected chi connectivity index (χ4v) is 2.95. The van der Waals surface area contributed by atoms with E-state index in [9.17, 15) is 18.4 Å². The van der Waals surface area contributed by atoms with Gasteiger partial charge in [-0.1, -0.05) is 18.2 Å². The van der Waals surface area contributed by atoms with Crippen LogP contribution in [0, 0.1) is 11.6 Å². The number of hydrogen-bond acceptors (Lipinski definition) is 4. The summed E-state index contributed by atoms with van der Waals surface area (Å²) in [5.74, 6) is -1.23. The summed E-state index contributed by atoms with van der Waals surface area (Å²) < 4.78 is 26.0. The first-order valence-electron chi connectivity index (χ1n) is 7.03. The normalized spacial score (nSPS) is 16.1. The number of rotatable bonds is 4. The van der Waals surface area contributed by atoms with Gasteiger partial charge in [-0.15, -0.1) is 0 Å². The zero-order valence-electron chi connectivity index (χ0n) is 12.3. The van der Waals surface area contributed by atoms with Gasteiger partial charge >= 0.3 is 0 Å². The molecule has 2 amide bonds. The van der Waals surface area contributed by atoms with Crippen LogP contribution in [0.5, 0.6) is 0 Å². The van der Waals surface area contributed by atoms with Crippen molar-refractivity contribution in [1.82, 2.24) is 4.90 Å². The van der Waals surface area contributed by atoms with Crippen molar-refractivity contribution in [3.63, 3.8) is 0 Å². The lowest BCUT2D eigenvalue weighted by atomic mass is 10.2. The molecule has 3 rings (SSSR count). The fraction of sp³-hybridized carbons (Fsp3) is 0.0588. The summed E-state index contributed by atoms with van der Waals surface area (Å²) in [7, 11) is 0. The van der Waals surface area contributed by atoms with Crippen LogP contribution in [0.3, 0.4) is 0 Å². The van der Waals surface area contributed by atoms with Gasteiger partial charge in [0.05, 0.1) is 11.6 Å². The van der Waals surface area contributed by atoms with Crippen molar-refractivity contribution in [1.29, 1.82) is 0 Å². The van der Waals surface area contributed by atoms with Crippen LogP contribution in [0.1, 0.15) is 5.56 Å². The first-order chi connectivity index (χ1) is 11.5. The molecule has 2 aromatic rings. The van der Waals surface area contributed by atoms with Crippen LogP contribution in [0.25, 0.3) is 6.08 Å². The van der Waals surface area contributed by atoms with Gasteiger partial charge in [-0.25, -0.2) is 8.78 Å². The Morgan fingerprint density at radius 3 is 2.50 bits per heavy atom. The summed E-state index contributed by atoms with van der Waals surface area (Å²) in [5, 5.41) is 2.42. The van der Waals surface area contributed by atoms with Crippen molar-refractivity contribution in [2.75, 3.05) is 12.0 Å². The molecule has 1 N–H and O–H groups in total. The Kier molecular flexibility index (Phi) is 4.61. The summed E-state index contributed by atoms with van der Waals surface area (Å²) in [6.07, 6.45) is 1.53. The standard InChI is InChI=1S/C17H12F2N2O2S/c18-12-6-4-11(5-7-12)8-15-16(22)21(17(23)24-15)10-20-14-3-1-2-13(19)9-14/h1-9,20H,10H2/b15-8+. The molecule has 4 nitrogen and oxygen atoms in total. The summed E-state index contributed by atoms with van der Waals surface area (Å²) in [6, 6.07) is 11.3. The zero-order valence-corrected chi connectivity index (χ0v) is 13.1. The Morgan fingerprint density at radius 1 is 1.04 bits per heavy atom. The number of halogens is 2. The molecule has 0 aromatic heterocycles. The van der Waals surface area contributed by atoms with E-state index in [2.05, 4.69) is 5.32 Å². The second-order valence-corrected chi connectivity index (χ2v) is 6.00.